The van der Waals surface area contributed by atoms with E-state index in [0.29, 0.717) is 5.39 Å². The number of pyridine rings is 1. The molecule has 0 atom stereocenters. The molecule has 0 radical (unpaired) electrons. The minimum absolute atomic E-state index is 0.0450. The molecule has 0 spiro atoms. The molecule has 6 heteroatoms. The third-order valence-electron chi connectivity index (χ3n) is 1.77. The molecule has 0 aliphatic rings. The van der Waals surface area contributed by atoms with Gasteiger partial charge in [-0.3, -0.25) is 0 Å². The number of halogens is 4. The fourth-order valence-corrected chi connectivity index (χ4v) is 1.40. The number of rotatable bonds is 0. The number of H-pyrrole nitrogens is 1. The van der Waals surface area contributed by atoms with Crippen LogP contribution in [-0.2, 0) is 6.18 Å². The Bertz CT molecular complexity index is 475. The van der Waals surface area contributed by atoms with Crippen molar-refractivity contribution in [2.75, 3.05) is 0 Å². The minimum Gasteiger partial charge on any atom is -0.346 e. The molecule has 0 saturated carbocycles. The van der Waals surface area contributed by atoms with E-state index in [0.717, 1.165) is 6.07 Å². The predicted octanol–water partition coefficient (Wildman–Crippen LogP) is 3.24. The van der Waals surface area contributed by atoms with Gasteiger partial charge in [-0.2, -0.15) is 13.2 Å². The van der Waals surface area contributed by atoms with Crippen molar-refractivity contribution in [2.24, 2.45) is 0 Å². The van der Waals surface area contributed by atoms with E-state index in [9.17, 15) is 13.2 Å². The van der Waals surface area contributed by atoms with Gasteiger partial charge in [0.25, 0.3) is 0 Å². The number of fused-ring (bicyclic) bond motifs is 1. The Labute approximate surface area is 81.7 Å². The lowest BCUT2D eigenvalue weighted by Crippen LogP contribution is -2.07. The van der Waals surface area contributed by atoms with Crippen LogP contribution >= 0.6 is 11.6 Å². The molecule has 0 aliphatic carbocycles. The predicted molar refractivity (Wildman–Crippen MR) is 46.1 cm³/mol. The second-order valence-corrected chi connectivity index (χ2v) is 3.13. The fraction of sp³-hybridized carbons (Fsp3) is 0.125. The maximum Gasteiger partial charge on any atom is 0.433 e. The second-order valence-electron chi connectivity index (χ2n) is 2.73. The molecule has 1 N–H and O–H groups in total. The molecular formula is C8H4ClF3N2. The summed E-state index contributed by atoms with van der Waals surface area (Å²) in [5, 5.41) is 0.531. The van der Waals surface area contributed by atoms with Gasteiger partial charge in [0, 0.05) is 11.6 Å². The molecule has 0 saturated heterocycles. The highest BCUT2D eigenvalue weighted by Gasteiger charge is 2.33. The van der Waals surface area contributed by atoms with Crippen molar-refractivity contribution in [3.8, 4) is 0 Å². The van der Waals surface area contributed by atoms with Crippen LogP contribution in [0.3, 0.4) is 0 Å². The molecule has 2 aromatic heterocycles. The lowest BCUT2D eigenvalue weighted by Gasteiger charge is -2.05. The van der Waals surface area contributed by atoms with E-state index in [1.54, 1.807) is 6.07 Å². The Morgan fingerprint density at radius 2 is 2.07 bits per heavy atom. The Hall–Kier alpha value is -1.23. The van der Waals surface area contributed by atoms with Gasteiger partial charge in [0.05, 0.1) is 5.02 Å². The fourth-order valence-electron chi connectivity index (χ4n) is 1.14. The normalized spacial score (nSPS) is 12.3. The number of nitrogens with one attached hydrogen (secondary N) is 1. The highest BCUT2D eigenvalue weighted by Crippen LogP contribution is 2.32. The van der Waals surface area contributed by atoms with Gasteiger partial charge in [0.2, 0.25) is 0 Å². The zero-order valence-corrected chi connectivity index (χ0v) is 7.45. The number of aromatic amines is 1. The van der Waals surface area contributed by atoms with Crippen LogP contribution in [0.5, 0.6) is 0 Å². The van der Waals surface area contributed by atoms with Gasteiger partial charge < -0.3 is 4.98 Å². The molecule has 2 heterocycles. The van der Waals surface area contributed by atoms with Crippen molar-refractivity contribution in [3.05, 3.63) is 29.0 Å². The summed E-state index contributed by atoms with van der Waals surface area (Å²) in [5.74, 6) is 0. The first-order valence-electron chi connectivity index (χ1n) is 3.69. The average Bonchev–Trinajstić information content (AvgIpc) is 2.50. The van der Waals surface area contributed by atoms with E-state index in [2.05, 4.69) is 9.97 Å². The summed E-state index contributed by atoms with van der Waals surface area (Å²) >= 11 is 5.65. The molecule has 2 nitrogen and oxygen atoms in total. The van der Waals surface area contributed by atoms with Gasteiger partial charge in [-0.1, -0.05) is 11.6 Å². The summed E-state index contributed by atoms with van der Waals surface area (Å²) < 4.78 is 36.8. The average molecular weight is 221 g/mol. The molecule has 74 valence electrons. The van der Waals surface area contributed by atoms with Crippen molar-refractivity contribution >= 4 is 22.6 Å². The molecule has 0 unspecified atom stereocenters. The summed E-state index contributed by atoms with van der Waals surface area (Å²) in [7, 11) is 0. The van der Waals surface area contributed by atoms with Crippen LogP contribution in [0.15, 0.2) is 18.3 Å². The molecule has 2 aromatic rings. The van der Waals surface area contributed by atoms with Gasteiger partial charge >= 0.3 is 6.18 Å². The molecule has 14 heavy (non-hydrogen) atoms. The Balaban J connectivity index is 2.70. The lowest BCUT2D eigenvalue weighted by molar-refractivity contribution is -0.140. The zero-order valence-electron chi connectivity index (χ0n) is 6.69. The number of hydrogen-bond acceptors (Lipinski definition) is 1. The van der Waals surface area contributed by atoms with E-state index in [1.165, 1.54) is 6.20 Å². The summed E-state index contributed by atoms with van der Waals surface area (Å²) in [6.45, 7) is 0. The number of alkyl halides is 3. The zero-order chi connectivity index (χ0) is 10.3. The highest BCUT2D eigenvalue weighted by atomic mass is 35.5. The third kappa shape index (κ3) is 1.43. The van der Waals surface area contributed by atoms with E-state index in [-0.39, 0.29) is 10.7 Å². The third-order valence-corrected chi connectivity index (χ3v) is 2.08. The minimum atomic E-state index is -4.47. The maximum absolute atomic E-state index is 12.3. The lowest BCUT2D eigenvalue weighted by atomic mass is 10.3. The highest BCUT2D eigenvalue weighted by molar-refractivity contribution is 6.35. The summed E-state index contributed by atoms with van der Waals surface area (Å²) in [6, 6.07) is 2.39. The Morgan fingerprint density at radius 3 is 2.71 bits per heavy atom. The monoisotopic (exact) mass is 220 g/mol. The van der Waals surface area contributed by atoms with E-state index in [4.69, 9.17) is 11.6 Å². The molecule has 0 bridgehead atoms. The SMILES string of the molecule is FC(F)(F)c1cc(Cl)c2cc[nH]c2n1. The van der Waals surface area contributed by atoms with Gasteiger partial charge in [-0.25, -0.2) is 4.98 Å². The van der Waals surface area contributed by atoms with Crippen molar-refractivity contribution in [2.45, 2.75) is 6.18 Å². The first-order valence-corrected chi connectivity index (χ1v) is 4.07. The largest absolute Gasteiger partial charge is 0.433 e. The summed E-state index contributed by atoms with van der Waals surface area (Å²) in [6.07, 6.45) is -2.98. The van der Waals surface area contributed by atoms with Gasteiger partial charge in [-0.15, -0.1) is 0 Å². The standard InChI is InChI=1S/C8H4ClF3N2/c9-5-3-6(8(10,11)12)14-7-4(5)1-2-13-7/h1-3H,(H,13,14). The van der Waals surface area contributed by atoms with E-state index in [1.807, 2.05) is 0 Å². The molecular weight excluding hydrogens is 217 g/mol. The molecule has 2 rings (SSSR count). The number of nitrogens with zero attached hydrogens (tertiary/aromatic N) is 1. The first kappa shape index (κ1) is 9.33. The maximum atomic E-state index is 12.3. The van der Waals surface area contributed by atoms with Gasteiger partial charge in [-0.05, 0) is 12.1 Å². The van der Waals surface area contributed by atoms with Gasteiger partial charge in [0.15, 0.2) is 0 Å². The van der Waals surface area contributed by atoms with Crippen LogP contribution in [-0.4, -0.2) is 9.97 Å². The quantitative estimate of drug-likeness (QED) is 0.726. The molecule has 0 aromatic carbocycles. The van der Waals surface area contributed by atoms with Crippen LogP contribution in [0.1, 0.15) is 5.69 Å². The number of hydrogen-bond donors (Lipinski definition) is 1. The van der Waals surface area contributed by atoms with Crippen LogP contribution in [0.25, 0.3) is 11.0 Å². The summed E-state index contributed by atoms with van der Waals surface area (Å²) in [5.41, 5.74) is -0.845. The van der Waals surface area contributed by atoms with Crippen molar-refractivity contribution in [3.63, 3.8) is 0 Å². The van der Waals surface area contributed by atoms with E-state index < -0.39 is 11.9 Å². The van der Waals surface area contributed by atoms with Crippen LogP contribution in [0, 0.1) is 0 Å². The van der Waals surface area contributed by atoms with Crippen LogP contribution in [0.2, 0.25) is 5.02 Å². The Morgan fingerprint density at radius 1 is 1.36 bits per heavy atom. The second kappa shape index (κ2) is 2.88. The first-order chi connectivity index (χ1) is 6.48. The van der Waals surface area contributed by atoms with Crippen LogP contribution in [0.4, 0.5) is 13.2 Å². The Kier molecular flexibility index (Phi) is 1.92. The molecule has 0 fully saturated rings. The van der Waals surface area contributed by atoms with Crippen molar-refractivity contribution < 1.29 is 13.2 Å². The van der Waals surface area contributed by atoms with Crippen molar-refractivity contribution in [1.82, 2.24) is 9.97 Å². The number of aromatic nitrogens is 2. The van der Waals surface area contributed by atoms with Crippen molar-refractivity contribution in [1.29, 1.82) is 0 Å². The smallest absolute Gasteiger partial charge is 0.346 e. The van der Waals surface area contributed by atoms with Gasteiger partial charge in [0.1, 0.15) is 11.3 Å². The van der Waals surface area contributed by atoms with Crippen LogP contribution < -0.4 is 0 Å². The van der Waals surface area contributed by atoms with E-state index >= 15 is 0 Å². The molecule has 0 aliphatic heterocycles. The summed E-state index contributed by atoms with van der Waals surface area (Å²) in [4.78, 5) is 5.98. The topological polar surface area (TPSA) is 28.7 Å². The molecule has 0 amide bonds.